The Hall–Kier alpha value is -2.24. The highest BCUT2D eigenvalue weighted by molar-refractivity contribution is 5.90. The molecule has 6 heteroatoms. The molecule has 0 atom stereocenters. The van der Waals surface area contributed by atoms with Crippen molar-refractivity contribution in [3.63, 3.8) is 0 Å². The summed E-state index contributed by atoms with van der Waals surface area (Å²) in [6.07, 6.45) is 0. The number of carbonyl (C=O) groups excluding carboxylic acids is 1. The first-order valence-electron chi connectivity index (χ1n) is 6.54. The first-order valence-corrected chi connectivity index (χ1v) is 6.54. The minimum absolute atomic E-state index is 0.117. The molecule has 6 nitrogen and oxygen atoms in total. The molecule has 1 aromatic carbocycles. The van der Waals surface area contributed by atoms with Crippen LogP contribution in [0.5, 0.6) is 5.75 Å². The summed E-state index contributed by atoms with van der Waals surface area (Å²) in [5.41, 5.74) is 1.73. The molecule has 0 fully saturated rings. The Bertz CT molecular complexity index is 528. The van der Waals surface area contributed by atoms with Gasteiger partial charge in [-0.2, -0.15) is 0 Å². The number of carbonyl (C=O) groups is 1. The number of hydrogen-bond donors (Lipinski definition) is 2. The van der Waals surface area contributed by atoms with Crippen LogP contribution in [0.1, 0.15) is 12.5 Å². The summed E-state index contributed by atoms with van der Waals surface area (Å²) in [7, 11) is 3.59. The van der Waals surface area contributed by atoms with E-state index in [1.807, 2.05) is 25.2 Å². The van der Waals surface area contributed by atoms with E-state index in [0.717, 1.165) is 24.6 Å². The lowest BCUT2D eigenvalue weighted by molar-refractivity contribution is -0.114. The maximum absolute atomic E-state index is 11.2. The Morgan fingerprint density at radius 2 is 2.30 bits per heavy atom. The van der Waals surface area contributed by atoms with Gasteiger partial charge in [0.05, 0.1) is 19.3 Å². The van der Waals surface area contributed by atoms with Gasteiger partial charge < -0.3 is 20.3 Å². The monoisotopic (exact) mass is 276 g/mol. The average molecular weight is 276 g/mol. The van der Waals surface area contributed by atoms with Crippen LogP contribution in [0.2, 0.25) is 0 Å². The third kappa shape index (κ3) is 3.40. The number of anilines is 1. The van der Waals surface area contributed by atoms with Crippen LogP contribution in [0.15, 0.2) is 23.2 Å². The van der Waals surface area contributed by atoms with Crippen molar-refractivity contribution >= 4 is 17.6 Å². The zero-order valence-electron chi connectivity index (χ0n) is 12.1. The molecule has 0 unspecified atom stereocenters. The summed E-state index contributed by atoms with van der Waals surface area (Å²) in [5.74, 6) is 1.44. The zero-order chi connectivity index (χ0) is 14.5. The van der Waals surface area contributed by atoms with Crippen molar-refractivity contribution in [2.75, 3.05) is 32.6 Å². The lowest BCUT2D eigenvalue weighted by Crippen LogP contribution is -2.35. The second-order valence-corrected chi connectivity index (χ2v) is 4.70. The maximum atomic E-state index is 11.2. The molecule has 0 aromatic heterocycles. The highest BCUT2D eigenvalue weighted by Gasteiger charge is 2.12. The molecule has 0 saturated heterocycles. The van der Waals surface area contributed by atoms with Crippen molar-refractivity contribution < 1.29 is 9.53 Å². The number of nitrogens with one attached hydrogen (secondary N) is 2. The fourth-order valence-corrected chi connectivity index (χ4v) is 2.06. The summed E-state index contributed by atoms with van der Waals surface area (Å²) >= 11 is 0. The number of likely N-dealkylation sites (N-methyl/N-ethyl adjacent to an activating group) is 1. The fourth-order valence-electron chi connectivity index (χ4n) is 2.06. The van der Waals surface area contributed by atoms with Gasteiger partial charge >= 0.3 is 0 Å². The lowest BCUT2D eigenvalue weighted by Gasteiger charge is -2.16. The Morgan fingerprint density at radius 1 is 1.50 bits per heavy atom. The summed E-state index contributed by atoms with van der Waals surface area (Å²) in [6.45, 7) is 3.91. The third-order valence-electron chi connectivity index (χ3n) is 3.08. The molecule has 20 heavy (non-hydrogen) atoms. The Kier molecular flexibility index (Phi) is 4.45. The Labute approximate surface area is 118 Å². The van der Waals surface area contributed by atoms with Gasteiger partial charge in [-0.05, 0) is 17.7 Å². The third-order valence-corrected chi connectivity index (χ3v) is 3.08. The van der Waals surface area contributed by atoms with Crippen molar-refractivity contribution in [3.8, 4) is 5.75 Å². The van der Waals surface area contributed by atoms with Gasteiger partial charge in [0.25, 0.3) is 0 Å². The minimum atomic E-state index is -0.117. The molecule has 1 amide bonds. The molecule has 2 rings (SSSR count). The van der Waals surface area contributed by atoms with Crippen molar-refractivity contribution in [3.05, 3.63) is 23.8 Å². The number of benzene rings is 1. The van der Waals surface area contributed by atoms with Gasteiger partial charge in [0.15, 0.2) is 5.96 Å². The van der Waals surface area contributed by atoms with Gasteiger partial charge in [0, 0.05) is 27.1 Å². The van der Waals surface area contributed by atoms with Crippen LogP contribution in [0.25, 0.3) is 0 Å². The van der Waals surface area contributed by atoms with Gasteiger partial charge in [0.2, 0.25) is 5.91 Å². The van der Waals surface area contributed by atoms with E-state index in [1.54, 1.807) is 7.11 Å². The highest BCUT2D eigenvalue weighted by Crippen LogP contribution is 2.25. The van der Waals surface area contributed by atoms with Crippen LogP contribution in [-0.4, -0.2) is 44.0 Å². The van der Waals surface area contributed by atoms with Gasteiger partial charge in [0.1, 0.15) is 5.75 Å². The SMILES string of the molecule is COc1ccc(CNC2=NCCN2C)cc1NC(C)=O. The average Bonchev–Trinajstić information content (AvgIpc) is 2.81. The number of rotatable bonds is 4. The van der Waals surface area contributed by atoms with Crippen molar-refractivity contribution in [1.82, 2.24) is 10.2 Å². The minimum Gasteiger partial charge on any atom is -0.495 e. The van der Waals surface area contributed by atoms with Crippen LogP contribution in [-0.2, 0) is 11.3 Å². The molecule has 0 bridgehead atoms. The second kappa shape index (κ2) is 6.27. The Morgan fingerprint density at radius 3 is 2.90 bits per heavy atom. The quantitative estimate of drug-likeness (QED) is 0.862. The summed E-state index contributed by atoms with van der Waals surface area (Å²) in [6, 6.07) is 5.72. The number of nitrogens with zero attached hydrogens (tertiary/aromatic N) is 2. The molecule has 0 spiro atoms. The molecule has 0 radical (unpaired) electrons. The van der Waals surface area contributed by atoms with E-state index in [0.29, 0.717) is 18.0 Å². The molecule has 1 aliphatic rings. The van der Waals surface area contributed by atoms with Crippen LogP contribution in [0.4, 0.5) is 5.69 Å². The van der Waals surface area contributed by atoms with Gasteiger partial charge in [-0.1, -0.05) is 6.07 Å². The van der Waals surface area contributed by atoms with Gasteiger partial charge in [-0.3, -0.25) is 9.79 Å². The molecule has 108 valence electrons. The van der Waals surface area contributed by atoms with Crippen LogP contribution < -0.4 is 15.4 Å². The Balaban J connectivity index is 2.06. The summed E-state index contributed by atoms with van der Waals surface area (Å²) in [5, 5.41) is 6.06. The van der Waals surface area contributed by atoms with E-state index in [9.17, 15) is 4.79 Å². The van der Waals surface area contributed by atoms with E-state index >= 15 is 0 Å². The maximum Gasteiger partial charge on any atom is 0.221 e. The molecule has 0 saturated carbocycles. The summed E-state index contributed by atoms with van der Waals surface area (Å²) < 4.78 is 5.23. The second-order valence-electron chi connectivity index (χ2n) is 4.70. The van der Waals surface area contributed by atoms with E-state index in [2.05, 4.69) is 20.5 Å². The van der Waals surface area contributed by atoms with E-state index in [4.69, 9.17) is 4.74 Å². The first-order chi connectivity index (χ1) is 9.60. The van der Waals surface area contributed by atoms with Crippen molar-refractivity contribution in [1.29, 1.82) is 0 Å². The van der Waals surface area contributed by atoms with Crippen molar-refractivity contribution in [2.45, 2.75) is 13.5 Å². The number of amides is 1. The largest absolute Gasteiger partial charge is 0.495 e. The predicted molar refractivity (Wildman–Crippen MR) is 79.1 cm³/mol. The number of guanidine groups is 1. The number of ether oxygens (including phenoxy) is 1. The molecular formula is C14H20N4O2. The van der Waals surface area contributed by atoms with Crippen LogP contribution in [0.3, 0.4) is 0 Å². The molecular weight excluding hydrogens is 256 g/mol. The smallest absolute Gasteiger partial charge is 0.221 e. The number of aliphatic imine (C=N–C) groups is 1. The van der Waals surface area contributed by atoms with Crippen LogP contribution >= 0.6 is 0 Å². The zero-order valence-corrected chi connectivity index (χ0v) is 12.1. The normalized spacial score (nSPS) is 13.9. The van der Waals surface area contributed by atoms with E-state index in [1.165, 1.54) is 6.92 Å². The number of methoxy groups -OCH3 is 1. The molecule has 2 N–H and O–H groups in total. The first kappa shape index (κ1) is 14.2. The molecule has 1 heterocycles. The highest BCUT2D eigenvalue weighted by atomic mass is 16.5. The molecule has 1 aromatic rings. The van der Waals surface area contributed by atoms with E-state index in [-0.39, 0.29) is 5.91 Å². The van der Waals surface area contributed by atoms with Gasteiger partial charge in [-0.25, -0.2) is 0 Å². The summed E-state index contributed by atoms with van der Waals surface area (Å²) in [4.78, 5) is 17.6. The van der Waals surface area contributed by atoms with Crippen molar-refractivity contribution in [2.24, 2.45) is 4.99 Å². The predicted octanol–water partition coefficient (Wildman–Crippen LogP) is 1.04. The van der Waals surface area contributed by atoms with Crippen LogP contribution in [0, 0.1) is 0 Å². The van der Waals surface area contributed by atoms with Gasteiger partial charge in [-0.15, -0.1) is 0 Å². The fraction of sp³-hybridized carbons (Fsp3) is 0.429. The topological polar surface area (TPSA) is 66.0 Å². The van der Waals surface area contributed by atoms with E-state index < -0.39 is 0 Å². The standard InChI is InChI=1S/C14H20N4O2/c1-10(19)17-12-8-11(4-5-13(12)20-3)9-16-14-15-6-7-18(14)2/h4-5,8H,6-7,9H2,1-3H3,(H,15,16)(H,17,19). The lowest BCUT2D eigenvalue weighted by atomic mass is 10.2. The molecule has 0 aliphatic carbocycles. The molecule has 1 aliphatic heterocycles. The number of hydrogen-bond acceptors (Lipinski definition) is 5.